The summed E-state index contributed by atoms with van der Waals surface area (Å²) in [5.74, 6) is 3.34. The van der Waals surface area contributed by atoms with Crippen LogP contribution in [0.2, 0.25) is 0 Å². The topological polar surface area (TPSA) is 97.3 Å². The molecule has 9 heteroatoms. The van der Waals surface area contributed by atoms with E-state index >= 15 is 0 Å². The molecular weight excluding hydrogens is 342 g/mol. The number of nitrogens with one attached hydrogen (secondary N) is 2. The van der Waals surface area contributed by atoms with Crippen LogP contribution >= 0.6 is 0 Å². The standard InChI is InChI=1S/C18H25N9/c1-13-22-24-16(26(13)2)11-19-18(21-14-7-3-4-8-14)20-12-17-25-23-15-9-5-6-10-27(15)17/h5-6,9-10,14H,3-4,7-8,11-12H2,1-2H3,(H2,19,20,21). The van der Waals surface area contributed by atoms with Crippen molar-refractivity contribution < 1.29 is 0 Å². The van der Waals surface area contributed by atoms with Gasteiger partial charge in [0, 0.05) is 19.3 Å². The molecule has 3 aromatic rings. The van der Waals surface area contributed by atoms with Crippen LogP contribution in [0.5, 0.6) is 0 Å². The summed E-state index contributed by atoms with van der Waals surface area (Å²) in [6.07, 6.45) is 6.86. The van der Waals surface area contributed by atoms with E-state index in [1.165, 1.54) is 25.7 Å². The van der Waals surface area contributed by atoms with E-state index in [4.69, 9.17) is 4.99 Å². The Morgan fingerprint density at radius 3 is 2.74 bits per heavy atom. The molecule has 1 saturated carbocycles. The fourth-order valence-electron chi connectivity index (χ4n) is 3.33. The summed E-state index contributed by atoms with van der Waals surface area (Å²) in [6, 6.07) is 6.34. The number of guanidine groups is 1. The van der Waals surface area contributed by atoms with Gasteiger partial charge in [-0.3, -0.25) is 4.40 Å². The first-order valence-corrected chi connectivity index (χ1v) is 9.39. The van der Waals surface area contributed by atoms with E-state index in [-0.39, 0.29) is 0 Å². The molecular formula is C18H25N9. The fourth-order valence-corrected chi connectivity index (χ4v) is 3.33. The smallest absolute Gasteiger partial charge is 0.192 e. The van der Waals surface area contributed by atoms with Crippen molar-refractivity contribution in [3.8, 4) is 0 Å². The van der Waals surface area contributed by atoms with E-state index in [1.807, 2.05) is 47.3 Å². The van der Waals surface area contributed by atoms with Crippen LogP contribution in [0, 0.1) is 6.92 Å². The Hall–Kier alpha value is -2.97. The Labute approximate surface area is 157 Å². The number of nitrogens with zero attached hydrogens (tertiary/aromatic N) is 7. The summed E-state index contributed by atoms with van der Waals surface area (Å²) < 4.78 is 3.94. The predicted molar refractivity (Wildman–Crippen MR) is 102 cm³/mol. The Morgan fingerprint density at radius 2 is 1.96 bits per heavy atom. The van der Waals surface area contributed by atoms with Gasteiger partial charge in [-0.15, -0.1) is 20.4 Å². The molecule has 2 N–H and O–H groups in total. The zero-order valence-electron chi connectivity index (χ0n) is 15.8. The number of aryl methyl sites for hydroxylation is 1. The number of pyridine rings is 1. The fraction of sp³-hybridized carbons (Fsp3) is 0.500. The lowest BCUT2D eigenvalue weighted by Gasteiger charge is -2.17. The number of aliphatic imine (C=N–C) groups is 1. The van der Waals surface area contributed by atoms with Crippen molar-refractivity contribution in [2.24, 2.45) is 12.0 Å². The highest BCUT2D eigenvalue weighted by Gasteiger charge is 2.17. The van der Waals surface area contributed by atoms with E-state index in [0.29, 0.717) is 19.1 Å². The lowest BCUT2D eigenvalue weighted by atomic mass is 10.2. The first-order valence-electron chi connectivity index (χ1n) is 9.39. The van der Waals surface area contributed by atoms with Crippen LogP contribution in [0.15, 0.2) is 29.4 Å². The second kappa shape index (κ2) is 7.73. The van der Waals surface area contributed by atoms with E-state index in [2.05, 4.69) is 31.0 Å². The minimum Gasteiger partial charge on any atom is -0.354 e. The highest BCUT2D eigenvalue weighted by molar-refractivity contribution is 5.80. The number of fused-ring (bicyclic) bond motifs is 1. The van der Waals surface area contributed by atoms with Crippen molar-refractivity contribution in [1.82, 2.24) is 40.0 Å². The van der Waals surface area contributed by atoms with Crippen LogP contribution in [-0.4, -0.2) is 41.4 Å². The summed E-state index contributed by atoms with van der Waals surface area (Å²) in [5.41, 5.74) is 0.839. The van der Waals surface area contributed by atoms with Gasteiger partial charge in [-0.2, -0.15) is 0 Å². The predicted octanol–water partition coefficient (Wildman–Crippen LogP) is 1.34. The van der Waals surface area contributed by atoms with Crippen molar-refractivity contribution in [2.75, 3.05) is 0 Å². The van der Waals surface area contributed by atoms with Crippen molar-refractivity contribution >= 4 is 11.6 Å². The lowest BCUT2D eigenvalue weighted by molar-refractivity contribution is 0.607. The van der Waals surface area contributed by atoms with Gasteiger partial charge < -0.3 is 15.2 Å². The molecule has 0 unspecified atom stereocenters. The quantitative estimate of drug-likeness (QED) is 0.522. The molecule has 0 atom stereocenters. The van der Waals surface area contributed by atoms with Crippen molar-refractivity contribution in [3.05, 3.63) is 41.9 Å². The van der Waals surface area contributed by atoms with Crippen LogP contribution in [0.25, 0.3) is 5.65 Å². The molecule has 9 nitrogen and oxygen atoms in total. The molecule has 3 aromatic heterocycles. The molecule has 0 saturated heterocycles. The Kier molecular flexibility index (Phi) is 4.99. The van der Waals surface area contributed by atoms with Gasteiger partial charge >= 0.3 is 0 Å². The maximum Gasteiger partial charge on any atom is 0.192 e. The van der Waals surface area contributed by atoms with E-state index < -0.39 is 0 Å². The number of hydrogen-bond donors (Lipinski definition) is 2. The molecule has 0 amide bonds. The van der Waals surface area contributed by atoms with Crippen molar-refractivity contribution in [1.29, 1.82) is 0 Å². The lowest BCUT2D eigenvalue weighted by Crippen LogP contribution is -2.42. The van der Waals surface area contributed by atoms with Crippen LogP contribution in [-0.2, 0) is 20.1 Å². The zero-order valence-corrected chi connectivity index (χ0v) is 15.8. The maximum atomic E-state index is 4.72. The summed E-state index contributed by atoms with van der Waals surface area (Å²) in [5, 5.41) is 23.7. The van der Waals surface area contributed by atoms with E-state index in [0.717, 1.165) is 29.1 Å². The maximum absolute atomic E-state index is 4.72. The molecule has 3 heterocycles. The number of hydrogen-bond acceptors (Lipinski definition) is 5. The highest BCUT2D eigenvalue weighted by atomic mass is 15.3. The zero-order chi connectivity index (χ0) is 18.6. The molecule has 1 fully saturated rings. The summed E-state index contributed by atoms with van der Waals surface area (Å²) in [7, 11) is 1.96. The third kappa shape index (κ3) is 3.91. The van der Waals surface area contributed by atoms with E-state index in [1.54, 1.807) is 0 Å². The normalized spacial score (nSPS) is 15.6. The van der Waals surface area contributed by atoms with Crippen LogP contribution in [0.1, 0.15) is 43.2 Å². The second-order valence-electron chi connectivity index (χ2n) is 6.91. The number of rotatable bonds is 5. The average molecular weight is 367 g/mol. The molecule has 1 aliphatic rings. The van der Waals surface area contributed by atoms with Gasteiger partial charge in [0.05, 0.1) is 6.54 Å². The summed E-state index contributed by atoms with van der Waals surface area (Å²) >= 11 is 0. The largest absolute Gasteiger partial charge is 0.354 e. The minimum absolute atomic E-state index is 0.465. The molecule has 27 heavy (non-hydrogen) atoms. The Morgan fingerprint density at radius 1 is 1.15 bits per heavy atom. The van der Waals surface area contributed by atoms with Crippen molar-refractivity contribution in [3.63, 3.8) is 0 Å². The number of aromatic nitrogens is 6. The third-order valence-electron chi connectivity index (χ3n) is 5.06. The summed E-state index contributed by atoms with van der Waals surface area (Å²) in [6.45, 7) is 2.95. The molecule has 142 valence electrons. The molecule has 0 bridgehead atoms. The monoisotopic (exact) mass is 367 g/mol. The first kappa shape index (κ1) is 17.4. The van der Waals surface area contributed by atoms with Gasteiger partial charge in [-0.05, 0) is 31.9 Å². The third-order valence-corrected chi connectivity index (χ3v) is 5.06. The van der Waals surface area contributed by atoms with Crippen molar-refractivity contribution in [2.45, 2.75) is 51.7 Å². The van der Waals surface area contributed by atoms with Gasteiger partial charge in [0.25, 0.3) is 0 Å². The molecule has 4 rings (SSSR count). The Bertz CT molecular complexity index is 933. The second-order valence-corrected chi connectivity index (χ2v) is 6.91. The molecule has 0 aromatic carbocycles. The SMILES string of the molecule is Cc1nnc(CN=C(NCc2nnc3ccccn23)NC2CCCC2)n1C. The van der Waals surface area contributed by atoms with Crippen LogP contribution in [0.3, 0.4) is 0 Å². The summed E-state index contributed by atoms with van der Waals surface area (Å²) in [4.78, 5) is 4.72. The molecule has 0 radical (unpaired) electrons. The highest BCUT2D eigenvalue weighted by Crippen LogP contribution is 2.17. The van der Waals surface area contributed by atoms with Gasteiger partial charge in [0.2, 0.25) is 0 Å². The van der Waals surface area contributed by atoms with Crippen LogP contribution < -0.4 is 10.6 Å². The van der Waals surface area contributed by atoms with E-state index in [9.17, 15) is 0 Å². The Balaban J connectivity index is 1.48. The van der Waals surface area contributed by atoms with Crippen LogP contribution in [0.4, 0.5) is 0 Å². The molecule has 0 spiro atoms. The van der Waals surface area contributed by atoms with Gasteiger partial charge in [-0.1, -0.05) is 18.9 Å². The van der Waals surface area contributed by atoms with Gasteiger partial charge in [0.15, 0.2) is 23.3 Å². The first-order chi connectivity index (χ1) is 13.2. The molecule has 0 aliphatic heterocycles. The average Bonchev–Trinajstić information content (AvgIpc) is 3.41. The minimum atomic E-state index is 0.465. The molecule has 1 aliphatic carbocycles. The van der Waals surface area contributed by atoms with Gasteiger partial charge in [0.1, 0.15) is 12.4 Å². The van der Waals surface area contributed by atoms with Gasteiger partial charge in [-0.25, -0.2) is 4.99 Å².